The van der Waals surface area contributed by atoms with Gasteiger partial charge >= 0.3 is 0 Å². The Morgan fingerprint density at radius 1 is 1.20 bits per heavy atom. The van der Waals surface area contributed by atoms with Crippen LogP contribution in [-0.2, 0) is 6.42 Å². The van der Waals surface area contributed by atoms with Gasteiger partial charge in [0.2, 0.25) is 6.79 Å². The SMILES string of the molecule is CCc1ccc2cc3c(cc2n1)OCO3. The van der Waals surface area contributed by atoms with E-state index < -0.39 is 0 Å². The van der Waals surface area contributed by atoms with Crippen molar-refractivity contribution in [2.24, 2.45) is 0 Å². The van der Waals surface area contributed by atoms with E-state index in [9.17, 15) is 0 Å². The fraction of sp³-hybridized carbons (Fsp3) is 0.250. The predicted octanol–water partition coefficient (Wildman–Crippen LogP) is 2.53. The molecule has 76 valence electrons. The molecule has 2 aromatic rings. The predicted molar refractivity (Wildman–Crippen MR) is 57.2 cm³/mol. The molecular weight excluding hydrogens is 190 g/mol. The van der Waals surface area contributed by atoms with Crippen LogP contribution in [0.5, 0.6) is 11.5 Å². The van der Waals surface area contributed by atoms with Crippen LogP contribution in [0, 0.1) is 0 Å². The van der Waals surface area contributed by atoms with Crippen molar-refractivity contribution in [2.45, 2.75) is 13.3 Å². The molecule has 0 N–H and O–H groups in total. The number of ether oxygens (including phenoxy) is 2. The maximum atomic E-state index is 5.32. The van der Waals surface area contributed by atoms with Gasteiger partial charge in [-0.05, 0) is 18.6 Å². The number of hydrogen-bond acceptors (Lipinski definition) is 3. The summed E-state index contributed by atoms with van der Waals surface area (Å²) >= 11 is 0. The Balaban J connectivity index is 2.24. The first-order chi connectivity index (χ1) is 7.36. The first-order valence-corrected chi connectivity index (χ1v) is 5.06. The zero-order valence-corrected chi connectivity index (χ0v) is 8.49. The molecule has 0 spiro atoms. The Bertz CT molecular complexity index is 522. The number of aryl methyl sites for hydroxylation is 1. The van der Waals surface area contributed by atoms with Crippen LogP contribution < -0.4 is 9.47 Å². The highest BCUT2D eigenvalue weighted by atomic mass is 16.7. The van der Waals surface area contributed by atoms with Crippen LogP contribution in [0.1, 0.15) is 12.6 Å². The van der Waals surface area contributed by atoms with Crippen molar-refractivity contribution in [3.05, 3.63) is 30.0 Å². The molecule has 3 heteroatoms. The molecule has 3 nitrogen and oxygen atoms in total. The van der Waals surface area contributed by atoms with Crippen molar-refractivity contribution in [3.63, 3.8) is 0 Å². The maximum Gasteiger partial charge on any atom is 0.231 e. The van der Waals surface area contributed by atoms with Gasteiger partial charge < -0.3 is 9.47 Å². The van der Waals surface area contributed by atoms with Gasteiger partial charge in [-0.2, -0.15) is 0 Å². The summed E-state index contributed by atoms with van der Waals surface area (Å²) in [5.74, 6) is 1.61. The van der Waals surface area contributed by atoms with E-state index in [-0.39, 0.29) is 0 Å². The molecule has 1 aliphatic heterocycles. The second kappa shape index (κ2) is 3.12. The maximum absolute atomic E-state index is 5.32. The lowest BCUT2D eigenvalue weighted by Crippen LogP contribution is -1.92. The normalized spacial score (nSPS) is 13.4. The number of nitrogens with zero attached hydrogens (tertiary/aromatic N) is 1. The molecule has 0 saturated heterocycles. The average molecular weight is 201 g/mol. The van der Waals surface area contributed by atoms with Crippen molar-refractivity contribution >= 4 is 10.9 Å². The lowest BCUT2D eigenvalue weighted by molar-refractivity contribution is 0.174. The van der Waals surface area contributed by atoms with Crippen LogP contribution in [0.4, 0.5) is 0 Å². The molecule has 3 rings (SSSR count). The Hall–Kier alpha value is -1.77. The zero-order chi connectivity index (χ0) is 10.3. The molecule has 0 radical (unpaired) electrons. The van der Waals surface area contributed by atoms with E-state index >= 15 is 0 Å². The first-order valence-electron chi connectivity index (χ1n) is 5.06. The largest absolute Gasteiger partial charge is 0.454 e. The zero-order valence-electron chi connectivity index (χ0n) is 8.49. The van der Waals surface area contributed by atoms with Crippen LogP contribution in [0.3, 0.4) is 0 Å². The van der Waals surface area contributed by atoms with E-state index in [0.29, 0.717) is 6.79 Å². The summed E-state index contributed by atoms with van der Waals surface area (Å²) in [7, 11) is 0. The van der Waals surface area contributed by atoms with Gasteiger partial charge in [-0.1, -0.05) is 13.0 Å². The van der Waals surface area contributed by atoms with Gasteiger partial charge in [0.15, 0.2) is 11.5 Å². The number of fused-ring (bicyclic) bond motifs is 2. The highest BCUT2D eigenvalue weighted by Gasteiger charge is 2.14. The van der Waals surface area contributed by atoms with E-state index in [1.165, 1.54) is 0 Å². The third-order valence-electron chi connectivity index (χ3n) is 2.60. The summed E-state index contributed by atoms with van der Waals surface area (Å²) in [6.45, 7) is 2.41. The molecule has 0 aliphatic carbocycles. The molecule has 0 amide bonds. The summed E-state index contributed by atoms with van der Waals surface area (Å²) in [6.07, 6.45) is 0.949. The van der Waals surface area contributed by atoms with E-state index in [1.807, 2.05) is 18.2 Å². The minimum absolute atomic E-state index is 0.312. The Kier molecular flexibility index (Phi) is 1.78. The van der Waals surface area contributed by atoms with Gasteiger partial charge in [0, 0.05) is 17.1 Å². The van der Waals surface area contributed by atoms with Gasteiger partial charge in [0.1, 0.15) is 0 Å². The van der Waals surface area contributed by atoms with Gasteiger partial charge in [-0.15, -0.1) is 0 Å². The second-order valence-electron chi connectivity index (χ2n) is 3.55. The molecule has 0 unspecified atom stereocenters. The number of pyridine rings is 1. The molecule has 1 aliphatic rings. The molecule has 15 heavy (non-hydrogen) atoms. The van der Waals surface area contributed by atoms with E-state index in [2.05, 4.69) is 18.0 Å². The minimum Gasteiger partial charge on any atom is -0.454 e. The van der Waals surface area contributed by atoms with Gasteiger partial charge in [0.25, 0.3) is 0 Å². The quantitative estimate of drug-likeness (QED) is 0.710. The Morgan fingerprint density at radius 2 is 2.00 bits per heavy atom. The number of rotatable bonds is 1. The monoisotopic (exact) mass is 201 g/mol. The third-order valence-corrected chi connectivity index (χ3v) is 2.60. The minimum atomic E-state index is 0.312. The van der Waals surface area contributed by atoms with Crippen molar-refractivity contribution < 1.29 is 9.47 Å². The molecular formula is C12H11NO2. The Morgan fingerprint density at radius 3 is 2.80 bits per heavy atom. The summed E-state index contributed by atoms with van der Waals surface area (Å²) in [4.78, 5) is 4.54. The number of hydrogen-bond donors (Lipinski definition) is 0. The number of aromatic nitrogens is 1. The summed E-state index contributed by atoms with van der Waals surface area (Å²) in [5, 5.41) is 1.09. The van der Waals surface area contributed by atoms with E-state index in [4.69, 9.17) is 9.47 Å². The molecule has 0 bridgehead atoms. The van der Waals surface area contributed by atoms with Gasteiger partial charge in [-0.25, -0.2) is 0 Å². The molecule has 0 atom stereocenters. The second-order valence-corrected chi connectivity index (χ2v) is 3.55. The average Bonchev–Trinajstić information content (AvgIpc) is 2.72. The topological polar surface area (TPSA) is 31.4 Å². The van der Waals surface area contributed by atoms with Crippen molar-refractivity contribution in [1.82, 2.24) is 4.98 Å². The van der Waals surface area contributed by atoms with Crippen molar-refractivity contribution in [2.75, 3.05) is 6.79 Å². The fourth-order valence-corrected chi connectivity index (χ4v) is 1.75. The van der Waals surface area contributed by atoms with Crippen LogP contribution >= 0.6 is 0 Å². The highest BCUT2D eigenvalue weighted by Crippen LogP contribution is 2.35. The van der Waals surface area contributed by atoms with Gasteiger partial charge in [-0.3, -0.25) is 4.98 Å². The first kappa shape index (κ1) is 8.53. The molecule has 1 aromatic carbocycles. The molecule has 0 saturated carbocycles. The van der Waals surface area contributed by atoms with Crippen LogP contribution in [0.15, 0.2) is 24.3 Å². The summed E-state index contributed by atoms with van der Waals surface area (Å²) in [6, 6.07) is 8.04. The standard InChI is InChI=1S/C12H11NO2/c1-2-9-4-3-8-5-11-12(15-7-14-11)6-10(8)13-9/h3-6H,2,7H2,1H3. The molecule has 1 aromatic heterocycles. The summed E-state index contributed by atoms with van der Waals surface area (Å²) in [5.41, 5.74) is 2.07. The van der Waals surface area contributed by atoms with Gasteiger partial charge in [0.05, 0.1) is 5.52 Å². The lowest BCUT2D eigenvalue weighted by atomic mass is 10.1. The number of benzene rings is 1. The lowest BCUT2D eigenvalue weighted by Gasteiger charge is -2.02. The van der Waals surface area contributed by atoms with E-state index in [0.717, 1.165) is 34.5 Å². The summed E-state index contributed by atoms with van der Waals surface area (Å²) < 4.78 is 10.6. The molecule has 0 fully saturated rings. The van der Waals surface area contributed by atoms with Crippen molar-refractivity contribution in [1.29, 1.82) is 0 Å². The molecule has 2 heterocycles. The van der Waals surface area contributed by atoms with Crippen LogP contribution in [0.2, 0.25) is 0 Å². The van der Waals surface area contributed by atoms with Crippen molar-refractivity contribution in [3.8, 4) is 11.5 Å². The van der Waals surface area contributed by atoms with Crippen LogP contribution in [0.25, 0.3) is 10.9 Å². The third kappa shape index (κ3) is 1.31. The fourth-order valence-electron chi connectivity index (χ4n) is 1.75. The van der Waals surface area contributed by atoms with Crippen LogP contribution in [-0.4, -0.2) is 11.8 Å². The Labute approximate surface area is 87.6 Å². The van der Waals surface area contributed by atoms with E-state index in [1.54, 1.807) is 0 Å². The highest BCUT2D eigenvalue weighted by molar-refractivity contribution is 5.83. The smallest absolute Gasteiger partial charge is 0.231 e.